The highest BCUT2D eigenvalue weighted by atomic mass is 16.4. The molecule has 2 amide bonds. The zero-order valence-electron chi connectivity index (χ0n) is 15.6. The van der Waals surface area contributed by atoms with Gasteiger partial charge in [-0.3, -0.25) is 9.59 Å². The number of hydrogen-bond donors (Lipinski definition) is 1. The van der Waals surface area contributed by atoms with Crippen LogP contribution in [0.2, 0.25) is 0 Å². The quantitative estimate of drug-likeness (QED) is 0.844. The van der Waals surface area contributed by atoms with Gasteiger partial charge in [-0.05, 0) is 38.0 Å². The molecule has 1 aromatic carbocycles. The lowest BCUT2D eigenvalue weighted by Gasteiger charge is -2.23. The average Bonchev–Trinajstić information content (AvgIpc) is 3.43. The van der Waals surface area contributed by atoms with Gasteiger partial charge in [0.15, 0.2) is 0 Å². The van der Waals surface area contributed by atoms with Crippen LogP contribution < -0.4 is 4.90 Å². The third-order valence-electron chi connectivity index (χ3n) is 4.69. The normalized spacial score (nSPS) is 13.3. The van der Waals surface area contributed by atoms with E-state index in [1.165, 1.54) is 15.9 Å². The second kappa shape index (κ2) is 7.26. The average molecular weight is 370 g/mol. The van der Waals surface area contributed by atoms with E-state index in [4.69, 9.17) is 9.52 Å². The number of carboxylic acids is 1. The molecule has 3 rings (SSSR count). The number of nitrogens with zero attached hydrogens (tertiary/aromatic N) is 2. The number of rotatable bonds is 6. The fraction of sp³-hybridized carbons (Fsp3) is 0.350. The van der Waals surface area contributed by atoms with Gasteiger partial charge in [-0.15, -0.1) is 0 Å². The molecule has 1 heterocycles. The maximum Gasteiger partial charge on any atom is 0.339 e. The van der Waals surface area contributed by atoms with E-state index in [0.29, 0.717) is 22.8 Å². The van der Waals surface area contributed by atoms with Crippen LogP contribution in [0.1, 0.15) is 45.1 Å². The van der Waals surface area contributed by atoms with Gasteiger partial charge in [0.1, 0.15) is 17.1 Å². The van der Waals surface area contributed by atoms with Gasteiger partial charge in [-0.25, -0.2) is 4.79 Å². The highest BCUT2D eigenvalue weighted by Crippen LogP contribution is 2.33. The molecule has 0 saturated heterocycles. The molecule has 1 aliphatic carbocycles. The number of aryl methyl sites for hydroxylation is 1. The fourth-order valence-electron chi connectivity index (χ4n) is 3.01. The highest BCUT2D eigenvalue weighted by Gasteiger charge is 2.33. The number of carbonyl (C=O) groups excluding carboxylic acids is 2. The monoisotopic (exact) mass is 370 g/mol. The Morgan fingerprint density at radius 2 is 1.81 bits per heavy atom. The van der Waals surface area contributed by atoms with E-state index in [9.17, 15) is 14.4 Å². The van der Waals surface area contributed by atoms with E-state index in [0.717, 1.165) is 12.8 Å². The van der Waals surface area contributed by atoms with Crippen molar-refractivity contribution in [2.45, 2.75) is 26.3 Å². The first-order chi connectivity index (χ1) is 12.8. The van der Waals surface area contributed by atoms with Gasteiger partial charge in [0, 0.05) is 20.0 Å². The first-order valence-corrected chi connectivity index (χ1v) is 8.74. The third-order valence-corrected chi connectivity index (χ3v) is 4.69. The molecule has 0 aliphatic heterocycles. The molecule has 27 heavy (non-hydrogen) atoms. The molecular weight excluding hydrogens is 348 g/mol. The summed E-state index contributed by atoms with van der Waals surface area (Å²) in [5.74, 6) is -0.578. The molecule has 0 spiro atoms. The minimum atomic E-state index is -1.07. The van der Waals surface area contributed by atoms with Gasteiger partial charge in [0.05, 0.1) is 17.8 Å². The molecule has 0 atom stereocenters. The van der Waals surface area contributed by atoms with Crippen LogP contribution in [-0.2, 0) is 11.3 Å². The van der Waals surface area contributed by atoms with Crippen molar-refractivity contribution in [2.24, 2.45) is 5.92 Å². The Hall–Kier alpha value is -3.09. The molecule has 0 bridgehead atoms. The van der Waals surface area contributed by atoms with Crippen LogP contribution in [-0.4, -0.2) is 41.9 Å². The minimum absolute atomic E-state index is 0.0191. The van der Waals surface area contributed by atoms with Gasteiger partial charge in [-0.1, -0.05) is 12.1 Å². The number of carboxylic acid groups (broad SMARTS) is 1. The van der Waals surface area contributed by atoms with Crippen molar-refractivity contribution in [3.63, 3.8) is 0 Å². The lowest BCUT2D eigenvalue weighted by atomic mass is 10.1. The van der Waals surface area contributed by atoms with Gasteiger partial charge in [0.2, 0.25) is 5.91 Å². The Bertz CT molecular complexity index is 898. The summed E-state index contributed by atoms with van der Waals surface area (Å²) in [6, 6.07) is 8.40. The Balaban J connectivity index is 1.80. The first kappa shape index (κ1) is 18.7. The Morgan fingerprint density at radius 1 is 1.15 bits per heavy atom. The summed E-state index contributed by atoms with van der Waals surface area (Å²) in [7, 11) is 3.29. The predicted octanol–water partition coefficient (Wildman–Crippen LogP) is 2.93. The lowest BCUT2D eigenvalue weighted by Crippen LogP contribution is -2.32. The molecule has 7 heteroatoms. The van der Waals surface area contributed by atoms with Crippen molar-refractivity contribution < 1.29 is 23.9 Å². The van der Waals surface area contributed by atoms with Crippen molar-refractivity contribution in [2.75, 3.05) is 19.0 Å². The maximum atomic E-state index is 12.9. The second-order valence-corrected chi connectivity index (χ2v) is 6.84. The number of para-hydroxylation sites is 1. The summed E-state index contributed by atoms with van der Waals surface area (Å²) in [5, 5.41) is 9.12. The summed E-state index contributed by atoms with van der Waals surface area (Å²) >= 11 is 0. The Morgan fingerprint density at radius 3 is 2.41 bits per heavy atom. The van der Waals surface area contributed by atoms with Crippen molar-refractivity contribution in [3.8, 4) is 0 Å². The van der Waals surface area contributed by atoms with E-state index < -0.39 is 5.97 Å². The predicted molar refractivity (Wildman–Crippen MR) is 98.8 cm³/mol. The summed E-state index contributed by atoms with van der Waals surface area (Å²) < 4.78 is 5.45. The summed E-state index contributed by atoms with van der Waals surface area (Å²) in [6.45, 7) is 1.70. The lowest BCUT2D eigenvalue weighted by molar-refractivity contribution is -0.119. The zero-order valence-corrected chi connectivity index (χ0v) is 15.6. The van der Waals surface area contributed by atoms with E-state index in [-0.39, 0.29) is 29.8 Å². The molecule has 0 unspecified atom stereocenters. The smallest absolute Gasteiger partial charge is 0.339 e. The largest absolute Gasteiger partial charge is 0.478 e. The fourth-order valence-corrected chi connectivity index (χ4v) is 3.01. The molecular formula is C20H22N2O5. The number of anilines is 1. The minimum Gasteiger partial charge on any atom is -0.478 e. The molecule has 0 radical (unpaired) electrons. The van der Waals surface area contributed by atoms with Gasteiger partial charge in [-0.2, -0.15) is 0 Å². The maximum absolute atomic E-state index is 12.9. The van der Waals surface area contributed by atoms with Crippen molar-refractivity contribution in [1.29, 1.82) is 0 Å². The van der Waals surface area contributed by atoms with Crippen LogP contribution in [0.4, 0.5) is 5.69 Å². The molecule has 1 aliphatic rings. The van der Waals surface area contributed by atoms with E-state index >= 15 is 0 Å². The van der Waals surface area contributed by atoms with E-state index in [1.54, 1.807) is 45.3 Å². The second-order valence-electron chi connectivity index (χ2n) is 6.84. The van der Waals surface area contributed by atoms with E-state index in [2.05, 4.69) is 0 Å². The number of carbonyl (C=O) groups is 3. The first-order valence-electron chi connectivity index (χ1n) is 8.74. The molecule has 142 valence electrons. The van der Waals surface area contributed by atoms with Crippen LogP contribution >= 0.6 is 0 Å². The molecule has 7 nitrogen and oxygen atoms in total. The van der Waals surface area contributed by atoms with Crippen LogP contribution in [0.5, 0.6) is 0 Å². The van der Waals surface area contributed by atoms with Gasteiger partial charge >= 0.3 is 5.97 Å². The zero-order chi connectivity index (χ0) is 19.7. The number of aromatic carboxylic acids is 1. The van der Waals surface area contributed by atoms with Gasteiger partial charge in [0.25, 0.3) is 5.91 Å². The SMILES string of the molecule is Cc1oc(CN(C)C(=O)c2ccccc2N(C)C(=O)C2CC2)cc1C(=O)O. The number of amides is 2. The molecule has 1 N–H and O–H groups in total. The Labute approximate surface area is 157 Å². The summed E-state index contributed by atoms with van der Waals surface area (Å²) in [5.41, 5.74) is 1.06. The van der Waals surface area contributed by atoms with Crippen LogP contribution in [0, 0.1) is 12.8 Å². The van der Waals surface area contributed by atoms with Crippen LogP contribution in [0.15, 0.2) is 34.7 Å². The third kappa shape index (κ3) is 3.86. The molecule has 1 aromatic heterocycles. The molecule has 2 aromatic rings. The summed E-state index contributed by atoms with van der Waals surface area (Å²) in [6.07, 6.45) is 1.78. The molecule has 1 fully saturated rings. The van der Waals surface area contributed by atoms with Crippen molar-refractivity contribution >= 4 is 23.5 Å². The Kier molecular flexibility index (Phi) is 5.03. The van der Waals surface area contributed by atoms with E-state index in [1.807, 2.05) is 0 Å². The van der Waals surface area contributed by atoms with Crippen molar-refractivity contribution in [3.05, 3.63) is 53.0 Å². The summed E-state index contributed by atoms with van der Waals surface area (Å²) in [4.78, 5) is 39.4. The standard InChI is InChI=1S/C20H22N2O5/c1-12-16(20(25)26)10-14(27-12)11-21(2)19(24)15-6-4-5-7-17(15)22(3)18(23)13-8-9-13/h4-7,10,13H,8-9,11H2,1-3H3,(H,25,26). The number of benzene rings is 1. The van der Waals surface area contributed by atoms with Crippen LogP contribution in [0.3, 0.4) is 0 Å². The number of furan rings is 1. The van der Waals surface area contributed by atoms with Crippen molar-refractivity contribution in [1.82, 2.24) is 4.90 Å². The van der Waals surface area contributed by atoms with Crippen LogP contribution in [0.25, 0.3) is 0 Å². The molecule has 1 saturated carbocycles. The highest BCUT2D eigenvalue weighted by molar-refractivity contribution is 6.05. The van der Waals surface area contributed by atoms with Gasteiger partial charge < -0.3 is 19.3 Å². The number of hydrogen-bond acceptors (Lipinski definition) is 4. The topological polar surface area (TPSA) is 91.1 Å².